The first kappa shape index (κ1) is 20.4. The van der Waals surface area contributed by atoms with Crippen LogP contribution >= 0.6 is 11.6 Å². The molecule has 3 rings (SSSR count). The minimum Gasteiger partial charge on any atom is -0.381 e. The van der Waals surface area contributed by atoms with Crippen LogP contribution in [0.1, 0.15) is 38.3 Å². The molecule has 0 aliphatic carbocycles. The summed E-state index contributed by atoms with van der Waals surface area (Å²) in [5.74, 6) is 0.989. The van der Waals surface area contributed by atoms with Crippen molar-refractivity contribution in [1.82, 2.24) is 15.1 Å². The second-order valence-electron chi connectivity index (χ2n) is 7.66. The molecule has 1 aromatic rings. The maximum atomic E-state index is 6.53. The second kappa shape index (κ2) is 9.26. The number of hydrogen-bond acceptors (Lipinski definition) is 3. The van der Waals surface area contributed by atoms with Gasteiger partial charge in [0.05, 0.1) is 12.6 Å². The van der Waals surface area contributed by atoms with Crippen LogP contribution in [0.25, 0.3) is 0 Å². The monoisotopic (exact) mass is 392 g/mol. The Labute approximate surface area is 168 Å². The van der Waals surface area contributed by atoms with Crippen molar-refractivity contribution in [3.63, 3.8) is 0 Å². The molecule has 2 atom stereocenters. The SMILES string of the molecule is CCN(CC)C(CNC(=NC)N1CCC2(CCOC2)C1)c1ccccc1Cl. The zero-order valence-corrected chi connectivity index (χ0v) is 17.6. The molecule has 0 saturated carbocycles. The number of hydrogen-bond donors (Lipinski definition) is 1. The lowest BCUT2D eigenvalue weighted by atomic mass is 9.87. The molecule has 1 aromatic carbocycles. The number of likely N-dealkylation sites (N-methyl/N-ethyl adjacent to an activating group) is 1. The minimum absolute atomic E-state index is 0.219. The third kappa shape index (κ3) is 4.58. The van der Waals surface area contributed by atoms with Crippen LogP contribution in [0.4, 0.5) is 0 Å². The number of rotatable bonds is 6. The van der Waals surface area contributed by atoms with Crippen LogP contribution in [0.2, 0.25) is 5.02 Å². The number of nitrogens with one attached hydrogen (secondary N) is 1. The molecule has 0 bridgehead atoms. The molecule has 5 nitrogen and oxygen atoms in total. The third-order valence-corrected chi connectivity index (χ3v) is 6.45. The molecule has 2 heterocycles. The highest BCUT2D eigenvalue weighted by Gasteiger charge is 2.42. The van der Waals surface area contributed by atoms with Crippen LogP contribution in [0, 0.1) is 5.41 Å². The summed E-state index contributed by atoms with van der Waals surface area (Å²) in [6, 6.07) is 8.39. The zero-order chi connectivity index (χ0) is 19.3. The van der Waals surface area contributed by atoms with Gasteiger partial charge >= 0.3 is 0 Å². The highest BCUT2D eigenvalue weighted by atomic mass is 35.5. The van der Waals surface area contributed by atoms with Gasteiger partial charge in [-0.25, -0.2) is 0 Å². The predicted molar refractivity (Wildman–Crippen MR) is 113 cm³/mol. The van der Waals surface area contributed by atoms with Crippen molar-refractivity contribution in [2.24, 2.45) is 10.4 Å². The Balaban J connectivity index is 1.69. The van der Waals surface area contributed by atoms with Crippen LogP contribution in [-0.2, 0) is 4.74 Å². The van der Waals surface area contributed by atoms with E-state index in [0.29, 0.717) is 5.41 Å². The number of halogens is 1. The Kier molecular flexibility index (Phi) is 7.01. The van der Waals surface area contributed by atoms with Crippen LogP contribution in [0.3, 0.4) is 0 Å². The van der Waals surface area contributed by atoms with Gasteiger partial charge in [-0.2, -0.15) is 0 Å². The molecule has 6 heteroatoms. The lowest BCUT2D eigenvalue weighted by molar-refractivity contribution is 0.156. The number of nitrogens with zero attached hydrogens (tertiary/aromatic N) is 3. The van der Waals surface area contributed by atoms with Crippen LogP contribution < -0.4 is 5.32 Å². The number of likely N-dealkylation sites (tertiary alicyclic amines) is 1. The number of benzene rings is 1. The van der Waals surface area contributed by atoms with Gasteiger partial charge in [-0.3, -0.25) is 9.89 Å². The van der Waals surface area contributed by atoms with E-state index < -0.39 is 0 Å². The maximum Gasteiger partial charge on any atom is 0.193 e. The van der Waals surface area contributed by atoms with Crippen LogP contribution in [0.15, 0.2) is 29.3 Å². The second-order valence-corrected chi connectivity index (χ2v) is 8.07. The molecule has 0 aromatic heterocycles. The lowest BCUT2D eigenvalue weighted by Gasteiger charge is -2.32. The molecule has 1 spiro atoms. The summed E-state index contributed by atoms with van der Waals surface area (Å²) >= 11 is 6.53. The molecule has 2 saturated heterocycles. The normalized spacial score (nSPS) is 24.2. The number of aliphatic imine (C=N–C) groups is 1. The van der Waals surface area contributed by atoms with Crippen molar-refractivity contribution in [2.45, 2.75) is 32.7 Å². The zero-order valence-electron chi connectivity index (χ0n) is 16.9. The van der Waals surface area contributed by atoms with Crippen molar-refractivity contribution >= 4 is 17.6 Å². The van der Waals surface area contributed by atoms with E-state index in [2.05, 4.69) is 46.1 Å². The van der Waals surface area contributed by atoms with E-state index in [0.717, 1.165) is 56.9 Å². The Bertz CT molecular complexity index is 641. The Hall–Kier alpha value is -1.30. The van der Waals surface area contributed by atoms with Gasteiger partial charge in [0.15, 0.2) is 5.96 Å². The summed E-state index contributed by atoms with van der Waals surface area (Å²) in [7, 11) is 1.88. The van der Waals surface area contributed by atoms with Crippen molar-refractivity contribution in [2.75, 3.05) is 53.0 Å². The summed E-state index contributed by atoms with van der Waals surface area (Å²) in [6.07, 6.45) is 2.36. The Morgan fingerprint density at radius 2 is 2.11 bits per heavy atom. The van der Waals surface area contributed by atoms with E-state index in [1.165, 1.54) is 18.4 Å². The first-order chi connectivity index (χ1) is 13.1. The molecule has 0 radical (unpaired) electrons. The summed E-state index contributed by atoms with van der Waals surface area (Å²) in [4.78, 5) is 9.39. The van der Waals surface area contributed by atoms with Crippen molar-refractivity contribution < 1.29 is 4.74 Å². The van der Waals surface area contributed by atoms with Gasteiger partial charge in [0.2, 0.25) is 0 Å². The third-order valence-electron chi connectivity index (χ3n) is 6.11. The van der Waals surface area contributed by atoms with Crippen LogP contribution in [0.5, 0.6) is 0 Å². The van der Waals surface area contributed by atoms with Crippen molar-refractivity contribution in [3.8, 4) is 0 Å². The molecule has 2 aliphatic rings. The molecule has 2 unspecified atom stereocenters. The first-order valence-electron chi connectivity index (χ1n) is 10.1. The number of guanidine groups is 1. The summed E-state index contributed by atoms with van der Waals surface area (Å²) in [5.41, 5.74) is 1.51. The van der Waals surface area contributed by atoms with Gasteiger partial charge in [0.25, 0.3) is 0 Å². The van der Waals surface area contributed by atoms with E-state index in [4.69, 9.17) is 16.3 Å². The highest BCUT2D eigenvalue weighted by Crippen LogP contribution is 2.38. The van der Waals surface area contributed by atoms with E-state index in [1.54, 1.807) is 0 Å². The average Bonchev–Trinajstić information content (AvgIpc) is 3.32. The Morgan fingerprint density at radius 3 is 2.74 bits per heavy atom. The van der Waals surface area contributed by atoms with Crippen molar-refractivity contribution in [3.05, 3.63) is 34.9 Å². The first-order valence-corrected chi connectivity index (χ1v) is 10.5. The topological polar surface area (TPSA) is 40.1 Å². The molecule has 2 fully saturated rings. The lowest BCUT2D eigenvalue weighted by Crippen LogP contribution is -2.45. The molecule has 27 heavy (non-hydrogen) atoms. The highest BCUT2D eigenvalue weighted by molar-refractivity contribution is 6.31. The van der Waals surface area contributed by atoms with Gasteiger partial charge < -0.3 is 15.0 Å². The molecule has 0 amide bonds. The number of ether oxygens (including phenoxy) is 1. The largest absolute Gasteiger partial charge is 0.381 e. The predicted octanol–water partition coefficient (Wildman–Crippen LogP) is 3.41. The fourth-order valence-electron chi connectivity index (χ4n) is 4.45. The summed E-state index contributed by atoms with van der Waals surface area (Å²) < 4.78 is 5.67. The van der Waals surface area contributed by atoms with Gasteiger partial charge in [-0.1, -0.05) is 43.6 Å². The molecular weight excluding hydrogens is 360 g/mol. The molecule has 2 aliphatic heterocycles. The summed E-state index contributed by atoms with van der Waals surface area (Å²) in [5, 5.41) is 4.46. The quantitative estimate of drug-likeness (QED) is 0.595. The van der Waals surface area contributed by atoms with E-state index in [9.17, 15) is 0 Å². The van der Waals surface area contributed by atoms with Gasteiger partial charge in [0, 0.05) is 43.7 Å². The molecule has 1 N–H and O–H groups in total. The van der Waals surface area contributed by atoms with E-state index in [-0.39, 0.29) is 6.04 Å². The molecule has 150 valence electrons. The van der Waals surface area contributed by atoms with E-state index >= 15 is 0 Å². The minimum atomic E-state index is 0.219. The standard InChI is InChI=1S/C21H33ClN4O/c1-4-25(5-2)19(17-8-6-7-9-18(17)22)14-24-20(23-3)26-12-10-21(15-26)11-13-27-16-21/h6-9,19H,4-5,10-16H2,1-3H3,(H,23,24). The fraction of sp³-hybridized carbons (Fsp3) is 0.667. The average molecular weight is 393 g/mol. The summed E-state index contributed by atoms with van der Waals surface area (Å²) in [6.45, 7) is 11.0. The van der Waals surface area contributed by atoms with Gasteiger partial charge in [-0.05, 0) is 37.6 Å². The van der Waals surface area contributed by atoms with Gasteiger partial charge in [0.1, 0.15) is 0 Å². The smallest absolute Gasteiger partial charge is 0.193 e. The van der Waals surface area contributed by atoms with Gasteiger partial charge in [-0.15, -0.1) is 0 Å². The van der Waals surface area contributed by atoms with Crippen LogP contribution in [-0.4, -0.2) is 68.7 Å². The molecular formula is C21H33ClN4O. The van der Waals surface area contributed by atoms with E-state index in [1.807, 2.05) is 19.2 Å². The van der Waals surface area contributed by atoms with Crippen molar-refractivity contribution in [1.29, 1.82) is 0 Å². The Morgan fingerprint density at radius 1 is 1.33 bits per heavy atom. The fourth-order valence-corrected chi connectivity index (χ4v) is 4.71. The maximum absolute atomic E-state index is 6.53.